The molecule has 5 heteroatoms. The molecule has 0 atom stereocenters. The molecule has 1 aromatic carbocycles. The van der Waals surface area contributed by atoms with Crippen LogP contribution in [0.4, 0.5) is 10.2 Å². The average Bonchev–Trinajstić information content (AvgIpc) is 2.42. The van der Waals surface area contributed by atoms with Crippen LogP contribution in [-0.2, 0) is 17.8 Å². The SMILES string of the molecule is NCc1cccnc1NC(=O)Cc1ccc(F)cc1. The summed E-state index contributed by atoms with van der Waals surface area (Å²) in [6.45, 7) is 0.306. The number of nitrogens with zero attached hydrogens (tertiary/aromatic N) is 1. The molecule has 0 bridgehead atoms. The van der Waals surface area contributed by atoms with Crippen LogP contribution in [0.15, 0.2) is 42.6 Å². The third-order valence-electron chi connectivity index (χ3n) is 2.65. The molecule has 98 valence electrons. The van der Waals surface area contributed by atoms with Crippen LogP contribution in [0.1, 0.15) is 11.1 Å². The Labute approximate surface area is 110 Å². The molecule has 0 aliphatic heterocycles. The van der Waals surface area contributed by atoms with Crippen molar-refractivity contribution in [3.8, 4) is 0 Å². The minimum Gasteiger partial charge on any atom is -0.326 e. The molecule has 0 saturated carbocycles. The Morgan fingerprint density at radius 2 is 2.00 bits per heavy atom. The normalized spacial score (nSPS) is 10.2. The fourth-order valence-corrected chi connectivity index (χ4v) is 1.68. The highest BCUT2D eigenvalue weighted by Gasteiger charge is 2.07. The van der Waals surface area contributed by atoms with Crippen LogP contribution >= 0.6 is 0 Å². The standard InChI is InChI=1S/C14H14FN3O/c15-12-5-3-10(4-6-12)8-13(19)18-14-11(9-16)2-1-7-17-14/h1-7H,8-9,16H2,(H,17,18,19). The van der Waals surface area contributed by atoms with Crippen LogP contribution in [-0.4, -0.2) is 10.9 Å². The van der Waals surface area contributed by atoms with Gasteiger partial charge in [-0.15, -0.1) is 0 Å². The van der Waals surface area contributed by atoms with Crippen LogP contribution in [0.5, 0.6) is 0 Å². The third kappa shape index (κ3) is 3.59. The average molecular weight is 259 g/mol. The fraction of sp³-hybridized carbons (Fsp3) is 0.143. The van der Waals surface area contributed by atoms with Crippen LogP contribution in [0, 0.1) is 5.82 Å². The molecule has 1 aromatic heterocycles. The van der Waals surface area contributed by atoms with E-state index in [1.54, 1.807) is 30.5 Å². The van der Waals surface area contributed by atoms with Gasteiger partial charge in [-0.3, -0.25) is 4.79 Å². The van der Waals surface area contributed by atoms with Crippen molar-refractivity contribution in [1.29, 1.82) is 0 Å². The Morgan fingerprint density at radius 1 is 1.26 bits per heavy atom. The number of pyridine rings is 1. The largest absolute Gasteiger partial charge is 0.326 e. The molecule has 19 heavy (non-hydrogen) atoms. The van der Waals surface area contributed by atoms with Gasteiger partial charge in [-0.1, -0.05) is 18.2 Å². The van der Waals surface area contributed by atoms with E-state index in [1.165, 1.54) is 12.1 Å². The number of aromatic nitrogens is 1. The lowest BCUT2D eigenvalue weighted by Crippen LogP contribution is -2.17. The minimum atomic E-state index is -0.320. The van der Waals surface area contributed by atoms with E-state index in [-0.39, 0.29) is 18.1 Å². The number of nitrogens with one attached hydrogen (secondary N) is 1. The number of hydrogen-bond acceptors (Lipinski definition) is 3. The summed E-state index contributed by atoms with van der Waals surface area (Å²) in [6, 6.07) is 9.38. The van der Waals surface area contributed by atoms with Gasteiger partial charge in [-0.05, 0) is 23.8 Å². The highest BCUT2D eigenvalue weighted by atomic mass is 19.1. The molecule has 0 radical (unpaired) electrons. The van der Waals surface area contributed by atoms with Crippen LogP contribution in [0.2, 0.25) is 0 Å². The second-order valence-electron chi connectivity index (χ2n) is 4.07. The van der Waals surface area contributed by atoms with Gasteiger partial charge in [0, 0.05) is 18.3 Å². The highest BCUT2D eigenvalue weighted by molar-refractivity contribution is 5.91. The van der Waals surface area contributed by atoms with E-state index in [4.69, 9.17) is 5.73 Å². The van der Waals surface area contributed by atoms with Crippen molar-refractivity contribution in [3.63, 3.8) is 0 Å². The second-order valence-corrected chi connectivity index (χ2v) is 4.07. The zero-order chi connectivity index (χ0) is 13.7. The molecular weight excluding hydrogens is 245 g/mol. The number of hydrogen-bond donors (Lipinski definition) is 2. The molecule has 1 heterocycles. The Balaban J connectivity index is 2.03. The van der Waals surface area contributed by atoms with Crippen molar-refractivity contribution in [3.05, 3.63) is 59.5 Å². The second kappa shape index (κ2) is 6.06. The van der Waals surface area contributed by atoms with Crippen molar-refractivity contribution in [1.82, 2.24) is 4.98 Å². The molecule has 2 rings (SSSR count). The first-order chi connectivity index (χ1) is 9.19. The highest BCUT2D eigenvalue weighted by Crippen LogP contribution is 2.11. The predicted molar refractivity (Wildman–Crippen MR) is 70.9 cm³/mol. The summed E-state index contributed by atoms with van der Waals surface area (Å²) in [5, 5.41) is 2.70. The number of nitrogens with two attached hydrogens (primary N) is 1. The summed E-state index contributed by atoms with van der Waals surface area (Å²) in [4.78, 5) is 15.9. The number of carbonyl (C=O) groups excluding carboxylic acids is 1. The first-order valence-electron chi connectivity index (χ1n) is 5.87. The van der Waals surface area contributed by atoms with Gasteiger partial charge in [0.05, 0.1) is 6.42 Å². The lowest BCUT2D eigenvalue weighted by atomic mass is 10.1. The van der Waals surface area contributed by atoms with Crippen molar-refractivity contribution >= 4 is 11.7 Å². The lowest BCUT2D eigenvalue weighted by Gasteiger charge is -2.08. The van der Waals surface area contributed by atoms with E-state index in [2.05, 4.69) is 10.3 Å². The number of carbonyl (C=O) groups is 1. The topological polar surface area (TPSA) is 68.0 Å². The van der Waals surface area contributed by atoms with Crippen LogP contribution < -0.4 is 11.1 Å². The van der Waals surface area contributed by atoms with Gasteiger partial charge < -0.3 is 11.1 Å². The van der Waals surface area contributed by atoms with Crippen molar-refractivity contribution in [2.75, 3.05) is 5.32 Å². The maximum Gasteiger partial charge on any atom is 0.229 e. The molecule has 0 unspecified atom stereocenters. The summed E-state index contributed by atoms with van der Waals surface area (Å²) >= 11 is 0. The third-order valence-corrected chi connectivity index (χ3v) is 2.65. The van der Waals surface area contributed by atoms with Crippen molar-refractivity contribution in [2.24, 2.45) is 5.73 Å². The van der Waals surface area contributed by atoms with Gasteiger partial charge in [0.15, 0.2) is 0 Å². The van der Waals surface area contributed by atoms with Gasteiger partial charge in [-0.2, -0.15) is 0 Å². The first kappa shape index (κ1) is 13.2. The van der Waals surface area contributed by atoms with E-state index in [9.17, 15) is 9.18 Å². The summed E-state index contributed by atoms with van der Waals surface area (Å²) in [5.74, 6) is -0.0589. The summed E-state index contributed by atoms with van der Waals surface area (Å²) in [6.07, 6.45) is 1.76. The van der Waals surface area contributed by atoms with Gasteiger partial charge in [-0.25, -0.2) is 9.37 Å². The van der Waals surface area contributed by atoms with Gasteiger partial charge in [0.25, 0.3) is 0 Å². The Kier molecular flexibility index (Phi) is 4.20. The maximum absolute atomic E-state index is 12.7. The molecule has 0 spiro atoms. The zero-order valence-corrected chi connectivity index (χ0v) is 10.3. The quantitative estimate of drug-likeness (QED) is 0.880. The predicted octanol–water partition coefficient (Wildman–Crippen LogP) is 1.86. The minimum absolute atomic E-state index is 0.168. The van der Waals surface area contributed by atoms with E-state index in [1.807, 2.05) is 0 Å². The Bertz CT molecular complexity index is 569. The number of halogens is 1. The summed E-state index contributed by atoms with van der Waals surface area (Å²) < 4.78 is 12.7. The summed E-state index contributed by atoms with van der Waals surface area (Å²) in [7, 11) is 0. The smallest absolute Gasteiger partial charge is 0.229 e. The van der Waals surface area contributed by atoms with Crippen molar-refractivity contribution < 1.29 is 9.18 Å². The van der Waals surface area contributed by atoms with Crippen LogP contribution in [0.3, 0.4) is 0 Å². The first-order valence-corrected chi connectivity index (χ1v) is 5.87. The molecule has 1 amide bonds. The van der Waals surface area contributed by atoms with E-state index < -0.39 is 0 Å². The molecule has 3 N–H and O–H groups in total. The molecule has 0 fully saturated rings. The van der Waals surface area contributed by atoms with E-state index >= 15 is 0 Å². The number of amides is 1. The van der Waals surface area contributed by atoms with Gasteiger partial charge in [0.2, 0.25) is 5.91 Å². The Hall–Kier alpha value is -2.27. The zero-order valence-electron chi connectivity index (χ0n) is 10.3. The number of benzene rings is 1. The van der Waals surface area contributed by atoms with E-state index in [0.29, 0.717) is 12.4 Å². The fourth-order valence-electron chi connectivity index (χ4n) is 1.68. The number of rotatable bonds is 4. The molecule has 0 saturated heterocycles. The lowest BCUT2D eigenvalue weighted by molar-refractivity contribution is -0.115. The van der Waals surface area contributed by atoms with Crippen LogP contribution in [0.25, 0.3) is 0 Å². The molecular formula is C14H14FN3O. The Morgan fingerprint density at radius 3 is 2.68 bits per heavy atom. The molecule has 0 aliphatic rings. The molecule has 0 aliphatic carbocycles. The van der Waals surface area contributed by atoms with Gasteiger partial charge in [0.1, 0.15) is 11.6 Å². The number of anilines is 1. The molecule has 4 nitrogen and oxygen atoms in total. The summed E-state index contributed by atoms with van der Waals surface area (Å²) in [5.41, 5.74) is 7.08. The monoisotopic (exact) mass is 259 g/mol. The maximum atomic E-state index is 12.7. The van der Waals surface area contributed by atoms with Crippen molar-refractivity contribution in [2.45, 2.75) is 13.0 Å². The molecule has 2 aromatic rings. The van der Waals surface area contributed by atoms with Gasteiger partial charge >= 0.3 is 0 Å². The van der Waals surface area contributed by atoms with E-state index in [0.717, 1.165) is 11.1 Å².